The highest BCUT2D eigenvalue weighted by atomic mass is 16.3. The van der Waals surface area contributed by atoms with Crippen LogP contribution in [-0.2, 0) is 4.79 Å². The molecular formula is C24H25N5O4. The van der Waals surface area contributed by atoms with Crippen molar-refractivity contribution in [3.05, 3.63) is 60.2 Å². The van der Waals surface area contributed by atoms with Gasteiger partial charge in [-0.25, -0.2) is 9.97 Å². The van der Waals surface area contributed by atoms with E-state index in [9.17, 15) is 19.8 Å². The molecular weight excluding hydrogens is 422 g/mol. The smallest absolute Gasteiger partial charge is 0.248 e. The highest BCUT2D eigenvalue weighted by Crippen LogP contribution is 2.37. The number of primary amides is 1. The van der Waals surface area contributed by atoms with Crippen molar-refractivity contribution >= 4 is 22.8 Å². The minimum Gasteiger partial charge on any atom is -0.390 e. The molecule has 0 radical (unpaired) electrons. The van der Waals surface area contributed by atoms with E-state index in [1.54, 1.807) is 35.4 Å². The summed E-state index contributed by atoms with van der Waals surface area (Å²) in [7, 11) is 0. The molecule has 2 heterocycles. The standard InChI is InChI=1S/C24H25N5O4/c1-15(30)28(8-3-5-16-4-2-6-17(10-16)23(25)33)13-19-11-20(22(32)21(19)31)29-9-7-18-12-26-14-27-24(18)29/h2,4,6-7,9-10,12,14,19-22,31-32H,8,11,13H2,1H3,(H2,25,33)/t19-,20-,21-,22+/m1/s1. The van der Waals surface area contributed by atoms with E-state index in [2.05, 4.69) is 21.8 Å². The lowest BCUT2D eigenvalue weighted by Gasteiger charge is -2.24. The van der Waals surface area contributed by atoms with Crippen LogP contribution in [0.1, 0.15) is 35.3 Å². The lowest BCUT2D eigenvalue weighted by atomic mass is 10.0. The van der Waals surface area contributed by atoms with Gasteiger partial charge in [0.05, 0.1) is 18.7 Å². The predicted octanol–water partition coefficient (Wildman–Crippen LogP) is 0.713. The van der Waals surface area contributed by atoms with Gasteiger partial charge in [0.15, 0.2) is 0 Å². The number of hydrogen-bond acceptors (Lipinski definition) is 6. The van der Waals surface area contributed by atoms with Gasteiger partial charge in [0.25, 0.3) is 0 Å². The molecule has 1 fully saturated rings. The Balaban J connectivity index is 1.47. The molecule has 4 N–H and O–H groups in total. The molecule has 3 aromatic rings. The number of fused-ring (bicyclic) bond motifs is 1. The third kappa shape index (κ3) is 4.72. The van der Waals surface area contributed by atoms with Gasteiger partial charge in [-0.15, -0.1) is 0 Å². The maximum absolute atomic E-state index is 12.2. The van der Waals surface area contributed by atoms with Crippen molar-refractivity contribution in [3.63, 3.8) is 0 Å². The number of aliphatic hydroxyl groups excluding tert-OH is 2. The monoisotopic (exact) mass is 447 g/mol. The molecule has 4 atom stereocenters. The van der Waals surface area contributed by atoms with E-state index in [4.69, 9.17) is 5.73 Å². The Bertz CT molecular complexity index is 1240. The molecule has 0 bridgehead atoms. The van der Waals surface area contributed by atoms with E-state index in [-0.39, 0.29) is 31.0 Å². The first kappa shape index (κ1) is 22.5. The molecule has 1 aliphatic carbocycles. The summed E-state index contributed by atoms with van der Waals surface area (Å²) in [5, 5.41) is 22.3. The van der Waals surface area contributed by atoms with Gasteiger partial charge in [0.1, 0.15) is 18.1 Å². The van der Waals surface area contributed by atoms with Crippen molar-refractivity contribution in [1.82, 2.24) is 19.4 Å². The van der Waals surface area contributed by atoms with Gasteiger partial charge < -0.3 is 25.4 Å². The summed E-state index contributed by atoms with van der Waals surface area (Å²) in [4.78, 5) is 33.4. The number of carbonyl (C=O) groups is 2. The van der Waals surface area contributed by atoms with Gasteiger partial charge in [-0.3, -0.25) is 9.59 Å². The molecule has 9 heteroatoms. The predicted molar refractivity (Wildman–Crippen MR) is 121 cm³/mol. The van der Waals surface area contributed by atoms with Crippen LogP contribution in [0, 0.1) is 17.8 Å². The number of rotatable bonds is 5. The van der Waals surface area contributed by atoms with Crippen LogP contribution in [0.4, 0.5) is 0 Å². The zero-order valence-electron chi connectivity index (χ0n) is 18.1. The maximum Gasteiger partial charge on any atom is 0.248 e. The second kappa shape index (κ2) is 9.40. The Morgan fingerprint density at radius 3 is 2.85 bits per heavy atom. The number of hydrogen-bond donors (Lipinski definition) is 3. The number of aromatic nitrogens is 3. The number of nitrogens with two attached hydrogens (primary N) is 1. The van der Waals surface area contributed by atoms with E-state index in [0.29, 0.717) is 23.2 Å². The highest BCUT2D eigenvalue weighted by molar-refractivity contribution is 5.93. The van der Waals surface area contributed by atoms with Crippen molar-refractivity contribution in [1.29, 1.82) is 0 Å². The summed E-state index contributed by atoms with van der Waals surface area (Å²) >= 11 is 0. The van der Waals surface area contributed by atoms with Crippen molar-refractivity contribution in [3.8, 4) is 11.8 Å². The third-order valence-electron chi connectivity index (χ3n) is 6.06. The number of aliphatic hydroxyl groups is 2. The number of benzene rings is 1. The first-order chi connectivity index (χ1) is 15.8. The Morgan fingerprint density at radius 1 is 1.27 bits per heavy atom. The van der Waals surface area contributed by atoms with Gasteiger partial charge in [-0.05, 0) is 30.7 Å². The molecule has 170 valence electrons. The summed E-state index contributed by atoms with van der Waals surface area (Å²) < 4.78 is 1.86. The van der Waals surface area contributed by atoms with Crippen LogP contribution in [0.5, 0.6) is 0 Å². The first-order valence-electron chi connectivity index (χ1n) is 10.6. The molecule has 1 aliphatic rings. The third-order valence-corrected chi connectivity index (χ3v) is 6.06. The van der Waals surface area contributed by atoms with E-state index in [1.807, 2.05) is 16.8 Å². The zero-order valence-corrected chi connectivity index (χ0v) is 18.1. The minimum absolute atomic E-state index is 0.153. The van der Waals surface area contributed by atoms with Gasteiger partial charge in [0.2, 0.25) is 11.8 Å². The average molecular weight is 447 g/mol. The molecule has 4 rings (SSSR count). The molecule has 0 spiro atoms. The summed E-state index contributed by atoms with van der Waals surface area (Å²) in [5.41, 5.74) is 6.97. The lowest BCUT2D eigenvalue weighted by Crippen LogP contribution is -2.38. The van der Waals surface area contributed by atoms with Gasteiger partial charge >= 0.3 is 0 Å². The first-order valence-corrected chi connectivity index (χ1v) is 10.6. The van der Waals surface area contributed by atoms with E-state index >= 15 is 0 Å². The lowest BCUT2D eigenvalue weighted by molar-refractivity contribution is -0.129. The van der Waals surface area contributed by atoms with Crippen molar-refractivity contribution < 1.29 is 19.8 Å². The molecule has 33 heavy (non-hydrogen) atoms. The Labute approximate surface area is 190 Å². The quantitative estimate of drug-likeness (QED) is 0.493. The fourth-order valence-electron chi connectivity index (χ4n) is 4.30. The van der Waals surface area contributed by atoms with Crippen molar-refractivity contribution in [2.24, 2.45) is 11.7 Å². The van der Waals surface area contributed by atoms with Gasteiger partial charge in [0, 0.05) is 48.3 Å². The fraction of sp³-hybridized carbons (Fsp3) is 0.333. The van der Waals surface area contributed by atoms with E-state index in [1.165, 1.54) is 13.3 Å². The van der Waals surface area contributed by atoms with E-state index < -0.39 is 18.1 Å². The Hall–Kier alpha value is -3.74. The van der Waals surface area contributed by atoms with Crippen molar-refractivity contribution in [2.75, 3.05) is 13.1 Å². The SMILES string of the molecule is CC(=O)N(CC#Cc1cccc(C(N)=O)c1)C[C@H]1C[C@@H](n2ccc3cncnc32)[C@H](O)[C@@H]1O. The van der Waals surface area contributed by atoms with Gasteiger partial charge in [-0.2, -0.15) is 0 Å². The number of nitrogens with zero attached hydrogens (tertiary/aromatic N) is 4. The molecule has 1 aromatic carbocycles. The van der Waals surface area contributed by atoms with Gasteiger partial charge in [-0.1, -0.05) is 17.9 Å². The van der Waals surface area contributed by atoms with Crippen molar-refractivity contribution in [2.45, 2.75) is 31.6 Å². The van der Waals surface area contributed by atoms with Crippen LogP contribution >= 0.6 is 0 Å². The molecule has 1 saturated carbocycles. The number of amides is 2. The molecule has 0 unspecified atom stereocenters. The Morgan fingerprint density at radius 2 is 2.09 bits per heavy atom. The second-order valence-corrected chi connectivity index (χ2v) is 8.22. The summed E-state index contributed by atoms with van der Waals surface area (Å²) in [6.07, 6.45) is 3.48. The van der Waals surface area contributed by atoms with Crippen LogP contribution in [0.3, 0.4) is 0 Å². The molecule has 9 nitrogen and oxygen atoms in total. The van der Waals surface area contributed by atoms with Crippen LogP contribution in [0.25, 0.3) is 11.0 Å². The second-order valence-electron chi connectivity index (χ2n) is 8.22. The molecule has 0 aliphatic heterocycles. The molecule has 2 amide bonds. The minimum atomic E-state index is -0.989. The molecule has 0 saturated heterocycles. The summed E-state index contributed by atoms with van der Waals surface area (Å²) in [6, 6.07) is 8.16. The summed E-state index contributed by atoms with van der Waals surface area (Å²) in [5.74, 6) is 4.85. The largest absolute Gasteiger partial charge is 0.390 e. The van der Waals surface area contributed by atoms with Crippen LogP contribution in [-0.4, -0.2) is 66.8 Å². The average Bonchev–Trinajstić information content (AvgIpc) is 3.34. The zero-order chi connectivity index (χ0) is 23.5. The maximum atomic E-state index is 12.2. The highest BCUT2D eigenvalue weighted by Gasteiger charge is 2.43. The number of carbonyl (C=O) groups excluding carboxylic acids is 2. The normalized spacial score (nSPS) is 22.0. The van der Waals surface area contributed by atoms with Crippen LogP contribution in [0.2, 0.25) is 0 Å². The Kier molecular flexibility index (Phi) is 6.40. The van der Waals surface area contributed by atoms with Crippen LogP contribution in [0.15, 0.2) is 49.1 Å². The topological polar surface area (TPSA) is 135 Å². The molecule has 2 aromatic heterocycles. The van der Waals surface area contributed by atoms with Crippen LogP contribution < -0.4 is 5.73 Å². The fourth-order valence-corrected chi connectivity index (χ4v) is 4.30. The summed E-state index contributed by atoms with van der Waals surface area (Å²) in [6.45, 7) is 1.86. The van der Waals surface area contributed by atoms with E-state index in [0.717, 1.165) is 5.39 Å².